The number of methoxy groups -OCH3 is 1. The van der Waals surface area contributed by atoms with Crippen LogP contribution in [0.2, 0.25) is 5.28 Å². The van der Waals surface area contributed by atoms with Gasteiger partial charge in [-0.1, -0.05) is 12.1 Å². The Balaban J connectivity index is 2.08. The molecule has 1 aromatic carbocycles. The molecule has 0 atom stereocenters. The molecular weight excluding hydrogens is 254 g/mol. The Bertz CT molecular complexity index is 591. The first kappa shape index (κ1) is 11.1. The SMILES string of the molecule is COc1ccccc1N1NNc2cnc(Cl)nc21. The molecular formula is C11H10ClN5O. The van der Waals surface area contributed by atoms with Gasteiger partial charge in [0.15, 0.2) is 5.82 Å². The second-order valence-corrected chi connectivity index (χ2v) is 3.96. The van der Waals surface area contributed by atoms with Crippen molar-refractivity contribution in [2.45, 2.75) is 0 Å². The summed E-state index contributed by atoms with van der Waals surface area (Å²) in [6.45, 7) is 0. The van der Waals surface area contributed by atoms with Gasteiger partial charge in [0, 0.05) is 0 Å². The molecule has 0 saturated heterocycles. The lowest BCUT2D eigenvalue weighted by Gasteiger charge is -2.19. The maximum atomic E-state index is 5.81. The number of hydrogen-bond acceptors (Lipinski definition) is 6. The van der Waals surface area contributed by atoms with Gasteiger partial charge < -0.3 is 4.74 Å². The first-order valence-corrected chi connectivity index (χ1v) is 5.65. The Labute approximate surface area is 109 Å². The van der Waals surface area contributed by atoms with Crippen molar-refractivity contribution < 1.29 is 4.74 Å². The zero-order valence-electron chi connectivity index (χ0n) is 9.51. The summed E-state index contributed by atoms with van der Waals surface area (Å²) in [6, 6.07) is 7.61. The first-order valence-electron chi connectivity index (χ1n) is 5.27. The molecule has 0 amide bonds. The average Bonchev–Trinajstić information content (AvgIpc) is 2.81. The van der Waals surface area contributed by atoms with Crippen molar-refractivity contribution in [3.8, 4) is 5.75 Å². The van der Waals surface area contributed by atoms with Crippen molar-refractivity contribution in [1.82, 2.24) is 15.5 Å². The molecule has 2 aromatic rings. The van der Waals surface area contributed by atoms with Crippen molar-refractivity contribution in [2.24, 2.45) is 0 Å². The van der Waals surface area contributed by atoms with Crippen molar-refractivity contribution >= 4 is 28.8 Å². The van der Waals surface area contributed by atoms with Crippen molar-refractivity contribution in [2.75, 3.05) is 17.5 Å². The predicted octanol–water partition coefficient (Wildman–Crippen LogP) is 2.12. The molecule has 0 unspecified atom stereocenters. The third-order valence-corrected chi connectivity index (χ3v) is 2.76. The van der Waals surface area contributed by atoms with E-state index in [2.05, 4.69) is 20.9 Å². The van der Waals surface area contributed by atoms with E-state index in [1.165, 1.54) is 0 Å². The standard InChI is InChI=1S/C11H10ClN5O/c1-18-9-5-3-2-4-8(9)17-10-7(15-16-17)6-13-11(12)14-10/h2-6,15-16H,1H3. The molecule has 1 aliphatic heterocycles. The van der Waals surface area contributed by atoms with Crippen LogP contribution in [0, 0.1) is 0 Å². The van der Waals surface area contributed by atoms with E-state index in [9.17, 15) is 0 Å². The second kappa shape index (κ2) is 4.32. The molecule has 0 saturated carbocycles. The van der Waals surface area contributed by atoms with Crippen LogP contribution in [0.5, 0.6) is 5.75 Å². The number of nitrogens with one attached hydrogen (secondary N) is 2. The quantitative estimate of drug-likeness (QED) is 0.810. The summed E-state index contributed by atoms with van der Waals surface area (Å²) in [4.78, 5) is 8.10. The summed E-state index contributed by atoms with van der Waals surface area (Å²) in [5.74, 6) is 1.38. The normalized spacial score (nSPS) is 13.1. The topological polar surface area (TPSA) is 62.3 Å². The zero-order valence-corrected chi connectivity index (χ0v) is 10.3. The van der Waals surface area contributed by atoms with E-state index < -0.39 is 0 Å². The lowest BCUT2D eigenvalue weighted by atomic mass is 10.3. The molecule has 2 N–H and O–H groups in total. The van der Waals surface area contributed by atoms with Gasteiger partial charge in [-0.3, -0.25) is 5.43 Å². The highest BCUT2D eigenvalue weighted by Gasteiger charge is 2.24. The van der Waals surface area contributed by atoms with Crippen LogP contribution in [-0.2, 0) is 0 Å². The second-order valence-electron chi connectivity index (χ2n) is 3.62. The Morgan fingerprint density at radius 2 is 2.17 bits per heavy atom. The number of ether oxygens (including phenoxy) is 1. The van der Waals surface area contributed by atoms with Crippen LogP contribution in [0.15, 0.2) is 30.5 Å². The van der Waals surface area contributed by atoms with Crippen molar-refractivity contribution in [1.29, 1.82) is 0 Å². The van der Waals surface area contributed by atoms with Crippen LogP contribution in [-0.4, -0.2) is 17.1 Å². The van der Waals surface area contributed by atoms with Gasteiger partial charge in [-0.25, -0.2) is 9.99 Å². The van der Waals surface area contributed by atoms with Gasteiger partial charge in [0.05, 0.1) is 13.3 Å². The largest absolute Gasteiger partial charge is 0.495 e. The molecule has 0 radical (unpaired) electrons. The van der Waals surface area contributed by atoms with E-state index in [1.807, 2.05) is 24.3 Å². The van der Waals surface area contributed by atoms with E-state index in [0.717, 1.165) is 17.1 Å². The number of benzene rings is 1. The molecule has 0 spiro atoms. The number of rotatable bonds is 2. The smallest absolute Gasteiger partial charge is 0.224 e. The Hall–Kier alpha value is -2.05. The van der Waals surface area contributed by atoms with Gasteiger partial charge in [0.2, 0.25) is 5.28 Å². The van der Waals surface area contributed by atoms with Crippen LogP contribution >= 0.6 is 11.6 Å². The fourth-order valence-corrected chi connectivity index (χ4v) is 1.90. The zero-order chi connectivity index (χ0) is 12.5. The molecule has 2 heterocycles. The van der Waals surface area contributed by atoms with Crippen LogP contribution in [0.25, 0.3) is 0 Å². The van der Waals surface area contributed by atoms with Crippen LogP contribution < -0.4 is 20.7 Å². The first-order chi connectivity index (χ1) is 8.79. The van der Waals surface area contributed by atoms with Crippen molar-refractivity contribution in [3.05, 3.63) is 35.7 Å². The maximum Gasteiger partial charge on any atom is 0.224 e. The Morgan fingerprint density at radius 3 is 3.00 bits per heavy atom. The van der Waals surface area contributed by atoms with E-state index in [-0.39, 0.29) is 5.28 Å². The highest BCUT2D eigenvalue weighted by atomic mass is 35.5. The molecule has 1 aliphatic rings. The van der Waals surface area contributed by atoms with Gasteiger partial charge in [0.1, 0.15) is 17.1 Å². The van der Waals surface area contributed by atoms with E-state index in [1.54, 1.807) is 18.3 Å². The summed E-state index contributed by atoms with van der Waals surface area (Å²) in [5, 5.41) is 1.95. The average molecular weight is 264 g/mol. The monoisotopic (exact) mass is 263 g/mol. The molecule has 7 heteroatoms. The number of para-hydroxylation sites is 2. The Morgan fingerprint density at radius 1 is 1.33 bits per heavy atom. The van der Waals surface area contributed by atoms with Gasteiger partial charge >= 0.3 is 0 Å². The molecule has 0 aliphatic carbocycles. The Kier molecular flexibility index (Phi) is 2.66. The van der Waals surface area contributed by atoms with Gasteiger partial charge in [-0.05, 0) is 23.7 Å². The lowest BCUT2D eigenvalue weighted by Crippen LogP contribution is -2.32. The lowest BCUT2D eigenvalue weighted by molar-refractivity contribution is 0.414. The number of aromatic nitrogens is 2. The minimum Gasteiger partial charge on any atom is -0.495 e. The van der Waals surface area contributed by atoms with Crippen LogP contribution in [0.3, 0.4) is 0 Å². The number of nitrogens with zero attached hydrogens (tertiary/aromatic N) is 3. The number of fused-ring (bicyclic) bond motifs is 1. The number of hydrogen-bond donors (Lipinski definition) is 2. The number of anilines is 3. The van der Waals surface area contributed by atoms with Crippen molar-refractivity contribution in [3.63, 3.8) is 0 Å². The van der Waals surface area contributed by atoms with Crippen LogP contribution in [0.1, 0.15) is 0 Å². The number of halogens is 1. The molecule has 92 valence electrons. The highest BCUT2D eigenvalue weighted by molar-refractivity contribution is 6.28. The summed E-state index contributed by atoms with van der Waals surface area (Å²) in [7, 11) is 1.62. The molecule has 0 fully saturated rings. The molecule has 3 rings (SSSR count). The minimum atomic E-state index is 0.194. The summed E-state index contributed by atoms with van der Waals surface area (Å²) >= 11 is 5.81. The minimum absolute atomic E-state index is 0.194. The molecule has 18 heavy (non-hydrogen) atoms. The van der Waals surface area contributed by atoms with E-state index in [0.29, 0.717) is 5.82 Å². The fourth-order valence-electron chi connectivity index (χ4n) is 1.77. The van der Waals surface area contributed by atoms with Gasteiger partial charge in [-0.2, -0.15) is 4.98 Å². The van der Waals surface area contributed by atoms with Crippen LogP contribution in [0.4, 0.5) is 17.2 Å². The molecule has 0 bridgehead atoms. The predicted molar refractivity (Wildman–Crippen MR) is 68.9 cm³/mol. The summed E-state index contributed by atoms with van der Waals surface area (Å²) in [6.07, 6.45) is 1.62. The maximum absolute atomic E-state index is 5.81. The fraction of sp³-hybridized carbons (Fsp3) is 0.0909. The summed E-state index contributed by atoms with van der Waals surface area (Å²) in [5.41, 5.74) is 7.54. The van der Waals surface area contributed by atoms with E-state index in [4.69, 9.17) is 16.3 Å². The molecule has 6 nitrogen and oxygen atoms in total. The third-order valence-electron chi connectivity index (χ3n) is 2.58. The van der Waals surface area contributed by atoms with Gasteiger partial charge in [-0.15, -0.1) is 5.53 Å². The number of hydrazine groups is 2. The third kappa shape index (κ3) is 1.71. The van der Waals surface area contributed by atoms with Gasteiger partial charge in [0.25, 0.3) is 0 Å². The van der Waals surface area contributed by atoms with E-state index >= 15 is 0 Å². The summed E-state index contributed by atoms with van der Waals surface area (Å²) < 4.78 is 5.32. The highest BCUT2D eigenvalue weighted by Crippen LogP contribution is 2.37. The molecule has 1 aromatic heterocycles.